The van der Waals surface area contributed by atoms with Crippen LogP contribution in [0.5, 0.6) is 0 Å². The summed E-state index contributed by atoms with van der Waals surface area (Å²) in [4.78, 5) is 0. The third-order valence-corrected chi connectivity index (χ3v) is 3.87. The SMILES string of the molecule is CC1(C)[C@@H]2CC[C@H]1[C@@H](O)[C@H]2O. The first-order valence-electron chi connectivity index (χ1n) is 4.41. The summed E-state index contributed by atoms with van der Waals surface area (Å²) in [7, 11) is 0. The van der Waals surface area contributed by atoms with E-state index in [2.05, 4.69) is 13.8 Å². The number of aliphatic hydroxyl groups excluding tert-OH is 2. The zero-order valence-electron chi connectivity index (χ0n) is 7.12. The first-order chi connectivity index (χ1) is 5.05. The number of hydrogen-bond acceptors (Lipinski definition) is 2. The van der Waals surface area contributed by atoms with Crippen molar-refractivity contribution in [3.8, 4) is 0 Å². The van der Waals surface area contributed by atoms with Crippen LogP contribution in [0.3, 0.4) is 0 Å². The van der Waals surface area contributed by atoms with Crippen molar-refractivity contribution in [3.63, 3.8) is 0 Å². The number of aliphatic hydroxyl groups is 2. The molecule has 0 unspecified atom stereocenters. The van der Waals surface area contributed by atoms with Crippen molar-refractivity contribution >= 4 is 0 Å². The summed E-state index contributed by atoms with van der Waals surface area (Å²) < 4.78 is 0. The summed E-state index contributed by atoms with van der Waals surface area (Å²) >= 11 is 0. The van der Waals surface area contributed by atoms with E-state index in [0.717, 1.165) is 12.8 Å². The largest absolute Gasteiger partial charge is 0.390 e. The lowest BCUT2D eigenvalue weighted by atomic mass is 9.82. The molecule has 64 valence electrons. The quantitative estimate of drug-likeness (QED) is 0.544. The van der Waals surface area contributed by atoms with Gasteiger partial charge >= 0.3 is 0 Å². The second kappa shape index (κ2) is 1.99. The molecule has 2 aliphatic rings. The molecule has 2 fully saturated rings. The van der Waals surface area contributed by atoms with Gasteiger partial charge in [0.2, 0.25) is 0 Å². The van der Waals surface area contributed by atoms with E-state index in [1.54, 1.807) is 0 Å². The van der Waals surface area contributed by atoms with Gasteiger partial charge in [-0.15, -0.1) is 0 Å². The van der Waals surface area contributed by atoms with Crippen molar-refractivity contribution < 1.29 is 10.2 Å². The Kier molecular flexibility index (Phi) is 1.37. The predicted molar refractivity (Wildman–Crippen MR) is 42.0 cm³/mol. The highest BCUT2D eigenvalue weighted by molar-refractivity contribution is 5.07. The van der Waals surface area contributed by atoms with Gasteiger partial charge in [0, 0.05) is 0 Å². The Morgan fingerprint density at radius 3 is 1.55 bits per heavy atom. The van der Waals surface area contributed by atoms with Crippen molar-refractivity contribution in [2.45, 2.75) is 38.9 Å². The molecule has 0 heterocycles. The van der Waals surface area contributed by atoms with Crippen LogP contribution in [-0.4, -0.2) is 22.4 Å². The molecule has 0 radical (unpaired) electrons. The van der Waals surface area contributed by atoms with Gasteiger partial charge in [-0.2, -0.15) is 0 Å². The highest BCUT2D eigenvalue weighted by atomic mass is 16.3. The smallest absolute Gasteiger partial charge is 0.0835 e. The van der Waals surface area contributed by atoms with Crippen molar-refractivity contribution in [2.24, 2.45) is 17.3 Å². The van der Waals surface area contributed by atoms with Crippen LogP contribution >= 0.6 is 0 Å². The van der Waals surface area contributed by atoms with Crippen molar-refractivity contribution in [2.75, 3.05) is 0 Å². The third-order valence-electron chi connectivity index (χ3n) is 3.87. The molecule has 11 heavy (non-hydrogen) atoms. The summed E-state index contributed by atoms with van der Waals surface area (Å²) in [6, 6.07) is 0. The first kappa shape index (κ1) is 7.56. The van der Waals surface area contributed by atoms with E-state index in [4.69, 9.17) is 0 Å². The lowest BCUT2D eigenvalue weighted by Gasteiger charge is -2.23. The summed E-state index contributed by atoms with van der Waals surface area (Å²) in [6.45, 7) is 4.32. The molecular formula is C9H16O2. The Hall–Kier alpha value is -0.0800. The Morgan fingerprint density at radius 1 is 1.00 bits per heavy atom. The second-order valence-electron chi connectivity index (χ2n) is 4.59. The van der Waals surface area contributed by atoms with Gasteiger partial charge in [0.05, 0.1) is 12.2 Å². The van der Waals surface area contributed by atoms with Gasteiger partial charge in [-0.1, -0.05) is 13.8 Å². The summed E-state index contributed by atoms with van der Waals surface area (Å²) in [5.41, 5.74) is 0.166. The molecule has 0 aromatic carbocycles. The maximum Gasteiger partial charge on any atom is 0.0835 e. The molecule has 0 aliphatic heterocycles. The second-order valence-corrected chi connectivity index (χ2v) is 4.59. The fourth-order valence-corrected chi connectivity index (χ4v) is 3.08. The molecule has 0 aromatic heterocycles. The Labute approximate surface area is 67.2 Å². The van der Waals surface area contributed by atoms with Crippen LogP contribution < -0.4 is 0 Å². The maximum absolute atomic E-state index is 9.57. The molecule has 2 bridgehead atoms. The molecule has 0 saturated heterocycles. The molecule has 2 nitrogen and oxygen atoms in total. The third kappa shape index (κ3) is 0.744. The van der Waals surface area contributed by atoms with Crippen LogP contribution in [0.25, 0.3) is 0 Å². The topological polar surface area (TPSA) is 40.5 Å². The highest BCUT2D eigenvalue weighted by Crippen LogP contribution is 2.57. The standard InChI is InChI=1S/C9H16O2/c1-9(2)5-3-4-6(9)8(11)7(5)10/h5-8,10-11H,3-4H2,1-2H3/t5-,6+,7+,8-. The van der Waals surface area contributed by atoms with E-state index in [-0.39, 0.29) is 5.41 Å². The average molecular weight is 156 g/mol. The lowest BCUT2D eigenvalue weighted by molar-refractivity contribution is -0.0160. The monoisotopic (exact) mass is 156 g/mol. The minimum atomic E-state index is -0.455. The van der Waals surface area contributed by atoms with E-state index in [1.165, 1.54) is 0 Å². The summed E-state index contributed by atoms with van der Waals surface area (Å²) in [6.07, 6.45) is 1.28. The summed E-state index contributed by atoms with van der Waals surface area (Å²) in [5.74, 6) is 0.671. The highest BCUT2D eigenvalue weighted by Gasteiger charge is 2.58. The Balaban J connectivity index is 2.31. The van der Waals surface area contributed by atoms with E-state index in [1.807, 2.05) is 0 Å². The first-order valence-corrected chi connectivity index (χ1v) is 4.41. The van der Waals surface area contributed by atoms with Crippen molar-refractivity contribution in [3.05, 3.63) is 0 Å². The molecule has 0 aromatic rings. The van der Waals surface area contributed by atoms with Gasteiger partial charge in [-0.3, -0.25) is 0 Å². The molecule has 2 N–H and O–H groups in total. The van der Waals surface area contributed by atoms with Crippen molar-refractivity contribution in [1.29, 1.82) is 0 Å². The number of rotatable bonds is 0. The minimum absolute atomic E-state index is 0.166. The fourth-order valence-electron chi connectivity index (χ4n) is 3.08. The molecule has 2 aliphatic carbocycles. The van der Waals surface area contributed by atoms with E-state index in [9.17, 15) is 10.2 Å². The number of fused-ring (bicyclic) bond motifs is 2. The summed E-state index contributed by atoms with van der Waals surface area (Å²) in [5, 5.41) is 19.1. The van der Waals surface area contributed by atoms with Crippen LogP contribution in [0.2, 0.25) is 0 Å². The zero-order valence-corrected chi connectivity index (χ0v) is 7.12. The van der Waals surface area contributed by atoms with Crippen LogP contribution in [0.1, 0.15) is 26.7 Å². The van der Waals surface area contributed by atoms with Crippen LogP contribution in [0, 0.1) is 17.3 Å². The van der Waals surface area contributed by atoms with Crippen LogP contribution in [0.4, 0.5) is 0 Å². The lowest BCUT2D eigenvalue weighted by Crippen LogP contribution is -2.31. The number of hydrogen-bond donors (Lipinski definition) is 2. The molecule has 2 saturated carbocycles. The van der Waals surface area contributed by atoms with Gasteiger partial charge in [0.1, 0.15) is 0 Å². The van der Waals surface area contributed by atoms with Gasteiger partial charge in [0.25, 0.3) is 0 Å². The zero-order chi connectivity index (χ0) is 8.22. The van der Waals surface area contributed by atoms with Gasteiger partial charge < -0.3 is 10.2 Å². The molecule has 0 amide bonds. The normalized spacial score (nSPS) is 53.5. The predicted octanol–water partition coefficient (Wildman–Crippen LogP) is 0.774. The average Bonchev–Trinajstić information content (AvgIpc) is 2.27. The van der Waals surface area contributed by atoms with Gasteiger partial charge in [0.15, 0.2) is 0 Å². The Bertz CT molecular complexity index is 158. The molecule has 2 heteroatoms. The van der Waals surface area contributed by atoms with Crippen LogP contribution in [-0.2, 0) is 0 Å². The van der Waals surface area contributed by atoms with Gasteiger partial charge in [-0.25, -0.2) is 0 Å². The van der Waals surface area contributed by atoms with E-state index < -0.39 is 12.2 Å². The Morgan fingerprint density at radius 2 is 1.36 bits per heavy atom. The van der Waals surface area contributed by atoms with Gasteiger partial charge in [-0.05, 0) is 30.1 Å². The van der Waals surface area contributed by atoms with E-state index in [0.29, 0.717) is 11.8 Å². The molecule has 2 rings (SSSR count). The van der Waals surface area contributed by atoms with Crippen molar-refractivity contribution in [1.82, 2.24) is 0 Å². The van der Waals surface area contributed by atoms with E-state index >= 15 is 0 Å². The minimum Gasteiger partial charge on any atom is -0.390 e. The maximum atomic E-state index is 9.57. The fraction of sp³-hybridized carbons (Fsp3) is 1.00. The van der Waals surface area contributed by atoms with Crippen LogP contribution in [0.15, 0.2) is 0 Å². The molecular weight excluding hydrogens is 140 g/mol. The molecule has 0 spiro atoms. The molecule has 4 atom stereocenters.